The molecule has 26 heteroatoms. The fourth-order valence-corrected chi connectivity index (χ4v) is 7.03. The van der Waals surface area contributed by atoms with E-state index in [1.54, 1.807) is 122 Å². The van der Waals surface area contributed by atoms with E-state index in [-0.39, 0.29) is 114 Å². The lowest BCUT2D eigenvalue weighted by Crippen LogP contribution is -2.54. The molecule has 105 heavy (non-hydrogen) atoms. The molecular formula is C79H124N3O23+. The van der Waals surface area contributed by atoms with Gasteiger partial charge in [-0.25, -0.2) is 0 Å². The van der Waals surface area contributed by atoms with Crippen LogP contribution < -0.4 is 27.4 Å². The summed E-state index contributed by atoms with van der Waals surface area (Å²) >= 11 is 0. The smallest absolute Gasteiger partial charge is 0.303 e. The second kappa shape index (κ2) is 82.5. The summed E-state index contributed by atoms with van der Waals surface area (Å²) in [6.07, 6.45) is 61.1. The van der Waals surface area contributed by atoms with Crippen molar-refractivity contribution in [3.8, 4) is 0 Å². The molecule has 0 aromatic rings. The molecule has 0 aromatic carbocycles. The van der Waals surface area contributed by atoms with Gasteiger partial charge in [0.25, 0.3) is 0 Å². The van der Waals surface area contributed by atoms with Gasteiger partial charge in [-0.3, -0.25) is 33.6 Å². The Bertz CT molecular complexity index is 2710. The molecule has 0 rings (SSSR count). The molecule has 1 unspecified atom stereocenters. The molecule has 0 radical (unpaired) electrons. The SMILES string of the molecule is CC/C=C\C[C@@H](O)/C=C/C=C\C=C\C=C\[C@@H](O)[C@@H](O)C/C=C\CCC(=O)[O-].CC/C=C\C[C@H](O)/C=C/C=C\C=C\C(O)C/C=C\C/C=C\CCC(=O)O.CCCCC[C@H](O)/C=C/C=C\C=C\C=C\[C@@H](O)[C@@H](O)CCCC(=O)[O-].[NH3+]CC(=O)CCC(=O)O.[NH3+]CC(=O)CCC(=O)O.[NH3+]CC(=O)CCC(=O)O. The van der Waals surface area contributed by atoms with Crippen LogP contribution in [0.5, 0.6) is 0 Å². The second-order valence-corrected chi connectivity index (χ2v) is 22.6. The first-order valence-electron chi connectivity index (χ1n) is 35.3. The molecule has 21 N–H and O–H groups in total. The molecule has 0 aliphatic rings. The first-order valence-corrected chi connectivity index (χ1v) is 35.3. The van der Waals surface area contributed by atoms with Gasteiger partial charge in [-0.1, -0.05) is 234 Å². The quantitative estimate of drug-likeness (QED) is 0.0228. The van der Waals surface area contributed by atoms with Crippen molar-refractivity contribution in [1.29, 1.82) is 0 Å². The highest BCUT2D eigenvalue weighted by Gasteiger charge is 2.13. The van der Waals surface area contributed by atoms with Crippen LogP contribution in [0.2, 0.25) is 0 Å². The van der Waals surface area contributed by atoms with Crippen LogP contribution in [0.4, 0.5) is 0 Å². The molecule has 592 valence electrons. The summed E-state index contributed by atoms with van der Waals surface area (Å²) in [6, 6.07) is 0. The van der Waals surface area contributed by atoms with Crippen LogP contribution in [0, 0.1) is 0 Å². The van der Waals surface area contributed by atoms with E-state index in [2.05, 4.69) is 31.0 Å². The van der Waals surface area contributed by atoms with Gasteiger partial charge in [-0.15, -0.1) is 0 Å². The van der Waals surface area contributed by atoms with Crippen LogP contribution in [-0.2, 0) is 43.2 Å². The van der Waals surface area contributed by atoms with Crippen molar-refractivity contribution in [3.05, 3.63) is 194 Å². The molecule has 26 nitrogen and oxygen atoms in total. The van der Waals surface area contributed by atoms with Crippen molar-refractivity contribution in [3.63, 3.8) is 0 Å². The molecule has 0 fully saturated rings. The van der Waals surface area contributed by atoms with Crippen LogP contribution in [0.15, 0.2) is 194 Å². The highest BCUT2D eigenvalue weighted by atomic mass is 16.4. The molecule has 0 aromatic heterocycles. The van der Waals surface area contributed by atoms with Gasteiger partial charge >= 0.3 is 23.9 Å². The predicted molar refractivity (Wildman–Crippen MR) is 401 cm³/mol. The van der Waals surface area contributed by atoms with E-state index in [1.807, 2.05) is 67.7 Å². The molecule has 0 bridgehead atoms. The maximum Gasteiger partial charge on any atom is 0.303 e. The van der Waals surface area contributed by atoms with Crippen LogP contribution in [0.1, 0.15) is 175 Å². The number of hydrogen-bond acceptors (Lipinski definition) is 19. The monoisotopic (exact) mass is 1480 g/mol. The molecular weight excluding hydrogens is 1360 g/mol. The Kier molecular flexibility index (Phi) is 84.2. The molecule has 0 saturated carbocycles. The van der Waals surface area contributed by atoms with Gasteiger partial charge in [0.05, 0.1) is 68.1 Å². The molecule has 0 spiro atoms. The highest BCUT2D eigenvalue weighted by Crippen LogP contribution is 2.09. The van der Waals surface area contributed by atoms with Gasteiger partial charge in [0, 0.05) is 37.6 Å². The Morgan fingerprint density at radius 2 is 0.629 bits per heavy atom. The lowest BCUT2D eigenvalue weighted by molar-refractivity contribution is -0.354. The Morgan fingerprint density at radius 3 is 0.981 bits per heavy atom. The summed E-state index contributed by atoms with van der Waals surface area (Å²) in [5, 5.41) is 131. The van der Waals surface area contributed by atoms with Crippen molar-refractivity contribution in [2.45, 2.75) is 224 Å². The third-order valence-electron chi connectivity index (χ3n) is 13.0. The van der Waals surface area contributed by atoms with Crippen molar-refractivity contribution in [2.24, 2.45) is 0 Å². The normalized spacial score (nSPS) is 14.3. The number of Topliss-reactive ketones (excluding diaryl/α,β-unsaturated/α-hetero) is 3. The number of carboxylic acids is 6. The van der Waals surface area contributed by atoms with Crippen LogP contribution in [0.25, 0.3) is 0 Å². The lowest BCUT2D eigenvalue weighted by Gasteiger charge is -2.14. The van der Waals surface area contributed by atoms with Crippen LogP contribution in [-0.4, -0.2) is 183 Å². The summed E-state index contributed by atoms with van der Waals surface area (Å²) < 4.78 is 0. The fraction of sp³-hybridized carbons (Fsp3) is 0.481. The van der Waals surface area contributed by atoms with Crippen molar-refractivity contribution < 1.29 is 132 Å². The zero-order chi connectivity index (χ0) is 80.5. The number of carbonyl (C=O) groups excluding carboxylic acids is 5. The van der Waals surface area contributed by atoms with Gasteiger partial charge in [0.1, 0.15) is 19.6 Å². The summed E-state index contributed by atoms with van der Waals surface area (Å²) in [5.74, 6) is -6.16. The van der Waals surface area contributed by atoms with Gasteiger partial charge in [-0.2, -0.15) is 0 Å². The van der Waals surface area contributed by atoms with E-state index in [9.17, 15) is 94.2 Å². The van der Waals surface area contributed by atoms with E-state index in [4.69, 9.17) is 20.4 Å². The molecule has 0 aliphatic heterocycles. The lowest BCUT2D eigenvalue weighted by atomic mass is 10.1. The number of aliphatic hydroxyl groups is 8. The summed E-state index contributed by atoms with van der Waals surface area (Å²) in [4.78, 5) is 91.5. The van der Waals surface area contributed by atoms with E-state index >= 15 is 0 Å². The van der Waals surface area contributed by atoms with E-state index in [1.165, 1.54) is 12.2 Å². The standard InChI is InChI=1S/C22H32O5.C22H32O4.C20H32O5.3C5H9NO3/c1-2-3-9-14-19(23)15-10-6-4-5-7-11-16-20(24)21(25)17-12-8-13-18-22(26)27;1-2-3-10-15-20(23)17-12-8-9-13-18-21(24)16-11-6-4-5-7-14-19-22(25)26;1-2-3-8-12-17(21)13-9-6-4-5-7-10-14-18(22)19(23)15-11-16-20(24)25;3*6-3-4(7)1-2-5(8)9/h3-12,15-16,19-21,23-25H,2,13-14,17-18H2,1H3,(H,26,27);3,5-13,17-18,20-21,23-24H,2,4,14-16,19H2,1H3,(H,25,26);4-7,9-10,13-14,17-19,21-23H,2-3,8,11-12,15-16H2,1H3,(H,24,25);3*1-3,6H2,(H,8,9)/p+1/b6-4-,7-5+,9-3-,12-8-,15-10+,16-11+;7-5-,9-8-,10-3-,11-6-,17-12+,18-13+;6-4-,7-5+,13-9+,14-10+;;;/t19-,20-,21+;20-,21?;17-,18+,19-;;;/m100.../s1. The third-order valence-corrected chi connectivity index (χ3v) is 13.0. The molecule has 0 aliphatic carbocycles. The third kappa shape index (κ3) is 99.5. The fourth-order valence-electron chi connectivity index (χ4n) is 7.03. The Morgan fingerprint density at radius 1 is 0.314 bits per heavy atom. The maximum absolute atomic E-state index is 10.4. The number of carbonyl (C=O) groups is 9. The van der Waals surface area contributed by atoms with Gasteiger partial charge < -0.3 is 98.3 Å². The minimum Gasteiger partial charge on any atom is -0.550 e. The first kappa shape index (κ1) is 107. The molecule has 0 heterocycles. The molecule has 0 amide bonds. The number of rotatable bonds is 54. The maximum atomic E-state index is 10.4. The minimum atomic E-state index is -1.16. The summed E-state index contributed by atoms with van der Waals surface area (Å²) in [6.45, 7) is 6.79. The van der Waals surface area contributed by atoms with Crippen LogP contribution in [0.3, 0.4) is 0 Å². The van der Waals surface area contributed by atoms with Gasteiger partial charge in [-0.05, 0) is 89.9 Å². The number of unbranched alkanes of at least 4 members (excludes halogenated alkanes) is 2. The van der Waals surface area contributed by atoms with E-state index in [0.29, 0.717) is 32.1 Å². The average molecular weight is 1480 g/mol. The number of aliphatic carboxylic acids is 6. The van der Waals surface area contributed by atoms with Crippen LogP contribution >= 0.6 is 0 Å². The average Bonchev–Trinajstić information content (AvgIpc) is 1.27. The van der Waals surface area contributed by atoms with Crippen molar-refractivity contribution >= 4 is 53.2 Å². The number of carboxylic acid groups (broad SMARTS) is 6. The first-order chi connectivity index (χ1) is 50.0. The number of aliphatic hydroxyl groups excluding tert-OH is 8. The Balaban J connectivity index is -0.000000297. The number of quaternary nitrogens is 3. The van der Waals surface area contributed by atoms with Crippen molar-refractivity contribution in [2.75, 3.05) is 19.6 Å². The zero-order valence-electron chi connectivity index (χ0n) is 61.7. The Hall–Kier alpha value is -8.77. The second-order valence-electron chi connectivity index (χ2n) is 22.6. The van der Waals surface area contributed by atoms with E-state index in [0.717, 1.165) is 44.9 Å². The number of allylic oxidation sites excluding steroid dienone is 22. The number of hydrogen-bond donors (Lipinski definition) is 15. The van der Waals surface area contributed by atoms with Gasteiger partial charge in [0.2, 0.25) is 0 Å². The highest BCUT2D eigenvalue weighted by molar-refractivity contribution is 5.84. The predicted octanol–water partition coefficient (Wildman–Crippen LogP) is 4.40. The summed E-state index contributed by atoms with van der Waals surface area (Å²) in [5.41, 5.74) is 9.96. The van der Waals surface area contributed by atoms with Crippen molar-refractivity contribution in [1.82, 2.24) is 0 Å². The topological polar surface area (TPSA) is 525 Å². The Labute approximate surface area is 620 Å². The molecule has 0 saturated heterocycles. The largest absolute Gasteiger partial charge is 0.550 e. The number of ketones is 3. The minimum absolute atomic E-state index is 0.0581. The summed E-state index contributed by atoms with van der Waals surface area (Å²) in [7, 11) is 0. The van der Waals surface area contributed by atoms with E-state index < -0.39 is 84.6 Å². The van der Waals surface area contributed by atoms with Gasteiger partial charge in [0.15, 0.2) is 17.3 Å². The zero-order valence-corrected chi connectivity index (χ0v) is 61.7. The molecule has 8 atom stereocenters.